The van der Waals surface area contributed by atoms with Crippen molar-refractivity contribution in [2.24, 2.45) is 5.73 Å². The second kappa shape index (κ2) is 8.95. The Labute approximate surface area is 180 Å². The lowest BCUT2D eigenvalue weighted by Gasteiger charge is -2.29. The molecule has 1 saturated heterocycles. The van der Waals surface area contributed by atoms with Crippen molar-refractivity contribution in [1.82, 2.24) is 4.57 Å². The monoisotopic (exact) mass is 426 g/mol. The number of methoxy groups -OCH3 is 1. The summed E-state index contributed by atoms with van der Waals surface area (Å²) in [7, 11) is 1.29. The number of benzene rings is 1. The van der Waals surface area contributed by atoms with Crippen molar-refractivity contribution in [3.8, 4) is 5.75 Å². The van der Waals surface area contributed by atoms with E-state index in [4.69, 9.17) is 19.9 Å². The molecule has 1 atom stereocenters. The van der Waals surface area contributed by atoms with E-state index in [1.165, 1.54) is 12.0 Å². The number of hydrogen-bond donors (Lipinski definition) is 2. The van der Waals surface area contributed by atoms with Crippen molar-refractivity contribution in [2.45, 2.75) is 19.4 Å². The molecule has 0 spiro atoms. The third-order valence-corrected chi connectivity index (χ3v) is 6.00. The van der Waals surface area contributed by atoms with Gasteiger partial charge in [-0.1, -0.05) is 30.3 Å². The Bertz CT molecular complexity index is 1050. The van der Waals surface area contributed by atoms with E-state index in [0.29, 0.717) is 17.9 Å². The van der Waals surface area contributed by atoms with Crippen LogP contribution in [-0.4, -0.2) is 50.5 Å². The van der Waals surface area contributed by atoms with Crippen LogP contribution < -0.4 is 20.9 Å². The lowest BCUT2D eigenvalue weighted by atomic mass is 9.83. The number of quaternary nitrogens is 1. The minimum atomic E-state index is -0.660. The van der Waals surface area contributed by atoms with E-state index in [9.17, 15) is 9.59 Å². The lowest BCUT2D eigenvalue weighted by molar-refractivity contribution is -0.908. The number of aryl methyl sites for hydroxylation is 1. The van der Waals surface area contributed by atoms with Crippen LogP contribution in [0.4, 0.5) is 0 Å². The Morgan fingerprint density at radius 1 is 1.26 bits per heavy atom. The summed E-state index contributed by atoms with van der Waals surface area (Å²) >= 11 is 0. The van der Waals surface area contributed by atoms with Crippen LogP contribution in [0.15, 0.2) is 52.6 Å². The van der Waals surface area contributed by atoms with E-state index >= 15 is 0 Å². The second-order valence-corrected chi connectivity index (χ2v) is 7.85. The standard InChI is InChI=1S/C23H27N3O5/c1-15-14-17-19(22(27)26(15)9-8-25-10-12-30-13-11-25)18(16-6-4-3-5-7-16)20(21(24)31-17)23(28)29-2/h3-7,14,18H,8-13,24H2,1-2H3/p+1/t18-/m1/s1. The molecule has 2 aromatic rings. The smallest absolute Gasteiger partial charge is 0.340 e. The number of aromatic nitrogens is 1. The molecule has 164 valence electrons. The molecule has 0 unspecified atom stereocenters. The predicted molar refractivity (Wildman–Crippen MR) is 114 cm³/mol. The molecule has 3 heterocycles. The van der Waals surface area contributed by atoms with Gasteiger partial charge in [-0.2, -0.15) is 0 Å². The number of esters is 1. The van der Waals surface area contributed by atoms with Gasteiger partial charge >= 0.3 is 5.97 Å². The summed E-state index contributed by atoms with van der Waals surface area (Å²) in [4.78, 5) is 27.7. The molecule has 4 rings (SSSR count). The van der Waals surface area contributed by atoms with E-state index in [2.05, 4.69) is 0 Å². The maximum Gasteiger partial charge on any atom is 0.340 e. The van der Waals surface area contributed by atoms with Gasteiger partial charge < -0.3 is 29.4 Å². The van der Waals surface area contributed by atoms with Crippen molar-refractivity contribution in [3.05, 3.63) is 75.0 Å². The van der Waals surface area contributed by atoms with E-state index in [1.807, 2.05) is 43.3 Å². The molecule has 1 aromatic heterocycles. The van der Waals surface area contributed by atoms with Gasteiger partial charge in [-0.25, -0.2) is 4.79 Å². The molecule has 0 bridgehead atoms. The molecule has 8 heteroatoms. The first-order valence-corrected chi connectivity index (χ1v) is 10.5. The van der Waals surface area contributed by atoms with Gasteiger partial charge in [0.15, 0.2) is 0 Å². The number of pyridine rings is 1. The molecule has 3 N–H and O–H groups in total. The summed E-state index contributed by atoms with van der Waals surface area (Å²) in [5, 5.41) is 0. The van der Waals surface area contributed by atoms with Crippen LogP contribution in [0.2, 0.25) is 0 Å². The van der Waals surface area contributed by atoms with Crippen molar-refractivity contribution < 1.29 is 23.9 Å². The van der Waals surface area contributed by atoms with Gasteiger partial charge in [0.05, 0.1) is 44.9 Å². The fraction of sp³-hybridized carbons (Fsp3) is 0.391. The summed E-state index contributed by atoms with van der Waals surface area (Å²) in [6.07, 6.45) is 0. The number of ether oxygens (including phenoxy) is 3. The van der Waals surface area contributed by atoms with Crippen molar-refractivity contribution in [2.75, 3.05) is 40.0 Å². The first-order valence-electron chi connectivity index (χ1n) is 10.5. The topological polar surface area (TPSA) is 97.2 Å². The van der Waals surface area contributed by atoms with Gasteiger partial charge in [-0.05, 0) is 12.5 Å². The summed E-state index contributed by atoms with van der Waals surface area (Å²) in [6, 6.07) is 11.2. The average molecular weight is 426 g/mol. The van der Waals surface area contributed by atoms with Crippen LogP contribution in [0.1, 0.15) is 22.7 Å². The molecule has 0 radical (unpaired) electrons. The van der Waals surface area contributed by atoms with Gasteiger partial charge in [0.2, 0.25) is 5.88 Å². The van der Waals surface area contributed by atoms with Crippen LogP contribution in [0.25, 0.3) is 0 Å². The van der Waals surface area contributed by atoms with E-state index in [-0.39, 0.29) is 17.0 Å². The SMILES string of the molecule is COC(=O)C1=C(N)Oc2cc(C)n(CC[NH+]3CCOCC3)c(=O)c2[C@H]1c1ccccc1. The van der Waals surface area contributed by atoms with Gasteiger partial charge in [0, 0.05) is 11.8 Å². The Kier molecular flexibility index (Phi) is 6.11. The number of nitrogens with one attached hydrogen (secondary N) is 1. The molecule has 31 heavy (non-hydrogen) atoms. The minimum Gasteiger partial charge on any atom is -0.465 e. The van der Waals surface area contributed by atoms with Gasteiger partial charge in [0.25, 0.3) is 5.56 Å². The van der Waals surface area contributed by atoms with Crippen LogP contribution in [0.3, 0.4) is 0 Å². The molecular formula is C23H28N3O5+. The highest BCUT2D eigenvalue weighted by Crippen LogP contribution is 2.41. The number of carbonyl (C=O) groups excluding carboxylic acids is 1. The molecule has 1 aromatic carbocycles. The van der Waals surface area contributed by atoms with Crippen LogP contribution >= 0.6 is 0 Å². The van der Waals surface area contributed by atoms with Gasteiger partial charge in [0.1, 0.15) is 24.4 Å². The van der Waals surface area contributed by atoms with E-state index in [0.717, 1.165) is 44.1 Å². The third-order valence-electron chi connectivity index (χ3n) is 6.00. The number of hydrogen-bond acceptors (Lipinski definition) is 6. The number of nitrogens with two attached hydrogens (primary N) is 1. The highest BCUT2D eigenvalue weighted by atomic mass is 16.5. The number of fused-ring (bicyclic) bond motifs is 1. The average Bonchev–Trinajstić information content (AvgIpc) is 2.78. The minimum absolute atomic E-state index is 0.0393. The quantitative estimate of drug-likeness (QED) is 0.651. The maximum atomic E-state index is 13.7. The molecule has 8 nitrogen and oxygen atoms in total. The summed E-state index contributed by atoms with van der Waals surface area (Å²) in [6.45, 7) is 6.62. The molecule has 2 aliphatic heterocycles. The van der Waals surface area contributed by atoms with Crippen LogP contribution in [-0.2, 0) is 20.8 Å². The van der Waals surface area contributed by atoms with Crippen molar-refractivity contribution >= 4 is 5.97 Å². The maximum absolute atomic E-state index is 13.7. The van der Waals surface area contributed by atoms with Gasteiger partial charge in [-0.3, -0.25) is 4.79 Å². The third kappa shape index (κ3) is 4.08. The first-order chi connectivity index (χ1) is 15.0. The highest BCUT2D eigenvalue weighted by Gasteiger charge is 2.38. The Morgan fingerprint density at radius 3 is 2.65 bits per heavy atom. The molecule has 2 aliphatic rings. The van der Waals surface area contributed by atoms with E-state index < -0.39 is 11.9 Å². The fourth-order valence-electron chi connectivity index (χ4n) is 4.33. The second-order valence-electron chi connectivity index (χ2n) is 7.85. The van der Waals surface area contributed by atoms with Gasteiger partial charge in [-0.15, -0.1) is 0 Å². The largest absolute Gasteiger partial charge is 0.465 e. The molecule has 0 amide bonds. The normalized spacial score (nSPS) is 19.0. The predicted octanol–water partition coefficient (Wildman–Crippen LogP) is -0.0606. The summed E-state index contributed by atoms with van der Waals surface area (Å²) < 4.78 is 17.9. The Hall–Kier alpha value is -3.10. The van der Waals surface area contributed by atoms with Crippen LogP contribution in [0.5, 0.6) is 5.75 Å². The molecule has 0 aliphatic carbocycles. The number of carbonyl (C=O) groups is 1. The summed E-state index contributed by atoms with van der Waals surface area (Å²) in [5.74, 6) is -0.923. The number of morpholine rings is 1. The zero-order valence-corrected chi connectivity index (χ0v) is 17.8. The molecule has 0 saturated carbocycles. The Balaban J connectivity index is 1.79. The van der Waals surface area contributed by atoms with Crippen molar-refractivity contribution in [1.29, 1.82) is 0 Å². The number of nitrogens with zero attached hydrogens (tertiary/aromatic N) is 1. The Morgan fingerprint density at radius 2 is 1.97 bits per heavy atom. The number of rotatable bonds is 5. The highest BCUT2D eigenvalue weighted by molar-refractivity contribution is 5.92. The van der Waals surface area contributed by atoms with Crippen LogP contribution in [0, 0.1) is 6.92 Å². The molecular weight excluding hydrogens is 398 g/mol. The zero-order valence-electron chi connectivity index (χ0n) is 17.8. The first kappa shape index (κ1) is 21.1. The van der Waals surface area contributed by atoms with Crippen molar-refractivity contribution in [3.63, 3.8) is 0 Å². The van der Waals surface area contributed by atoms with E-state index in [1.54, 1.807) is 4.57 Å². The zero-order chi connectivity index (χ0) is 22.0. The summed E-state index contributed by atoms with van der Waals surface area (Å²) in [5.41, 5.74) is 8.07. The molecule has 1 fully saturated rings. The lowest BCUT2D eigenvalue weighted by Crippen LogP contribution is -3.14. The fourth-order valence-corrected chi connectivity index (χ4v) is 4.33.